The molecule has 1 fully saturated rings. The molecular weight excluding hydrogens is 384 g/mol. The van der Waals surface area contributed by atoms with Gasteiger partial charge in [0.25, 0.3) is 11.5 Å². The van der Waals surface area contributed by atoms with Gasteiger partial charge in [0, 0.05) is 32.5 Å². The zero-order valence-electron chi connectivity index (χ0n) is 18.7. The third-order valence-electron chi connectivity index (χ3n) is 5.51. The van der Waals surface area contributed by atoms with E-state index in [4.69, 9.17) is 4.74 Å². The quantitative estimate of drug-likeness (QED) is 0.804. The Balaban J connectivity index is 1.84. The Hall–Kier alpha value is -2.77. The lowest BCUT2D eigenvalue weighted by molar-refractivity contribution is 0.0475. The fraction of sp³-hybridized carbons (Fsp3) is 0.591. The van der Waals surface area contributed by atoms with Crippen LogP contribution in [0.2, 0.25) is 0 Å². The number of hydrogen-bond acceptors (Lipinski definition) is 4. The van der Waals surface area contributed by atoms with Crippen LogP contribution in [0, 0.1) is 6.92 Å². The number of aryl methyl sites for hydroxylation is 3. The Bertz CT molecular complexity index is 1030. The first-order valence-corrected chi connectivity index (χ1v) is 10.4. The van der Waals surface area contributed by atoms with Gasteiger partial charge in [0.05, 0.1) is 22.5 Å². The molecule has 0 aliphatic heterocycles. The Labute approximate surface area is 176 Å². The maximum atomic E-state index is 13.2. The molecule has 1 saturated carbocycles. The van der Waals surface area contributed by atoms with Gasteiger partial charge in [-0.05, 0) is 46.1 Å². The van der Waals surface area contributed by atoms with Gasteiger partial charge < -0.3 is 24.5 Å². The van der Waals surface area contributed by atoms with Crippen LogP contribution in [-0.2, 0) is 18.8 Å². The average Bonchev–Trinajstić information content (AvgIpc) is 2.98. The van der Waals surface area contributed by atoms with Gasteiger partial charge in [0.1, 0.15) is 5.60 Å². The lowest BCUT2D eigenvalue weighted by atomic mass is 9.90. The Morgan fingerprint density at radius 1 is 1.03 bits per heavy atom. The van der Waals surface area contributed by atoms with Gasteiger partial charge in [0.2, 0.25) is 0 Å². The van der Waals surface area contributed by atoms with Crippen molar-refractivity contribution in [3.8, 4) is 0 Å². The highest BCUT2D eigenvalue weighted by atomic mass is 16.6. The fourth-order valence-electron chi connectivity index (χ4n) is 4.26. The van der Waals surface area contributed by atoms with Gasteiger partial charge in [-0.15, -0.1) is 0 Å². The predicted molar refractivity (Wildman–Crippen MR) is 116 cm³/mol. The number of hydrogen-bond donors (Lipinski definition) is 2. The number of nitrogens with one attached hydrogen (secondary N) is 2. The minimum Gasteiger partial charge on any atom is -0.444 e. The maximum absolute atomic E-state index is 13.2. The largest absolute Gasteiger partial charge is 0.444 e. The number of rotatable bonds is 3. The zero-order chi connectivity index (χ0) is 22.2. The van der Waals surface area contributed by atoms with E-state index in [-0.39, 0.29) is 23.6 Å². The molecule has 3 rings (SSSR count). The van der Waals surface area contributed by atoms with Crippen LogP contribution in [0.15, 0.2) is 17.2 Å². The van der Waals surface area contributed by atoms with Crippen molar-refractivity contribution in [3.63, 3.8) is 0 Å². The van der Waals surface area contributed by atoms with Crippen molar-refractivity contribution in [2.75, 3.05) is 0 Å². The first-order chi connectivity index (χ1) is 14.0. The second kappa shape index (κ2) is 8.16. The summed E-state index contributed by atoms with van der Waals surface area (Å²) in [5.41, 5.74) is 1.26. The summed E-state index contributed by atoms with van der Waals surface area (Å²) in [6.07, 6.45) is 6.45. The SMILES string of the molecule is Cc1cn(C)c(=O)c2c(C(=O)N[C@@H]3CCCC[C@H]3NC(=O)OC(C)(C)C)cn(C)c12. The molecule has 2 N–H and O–H groups in total. The van der Waals surface area contributed by atoms with Crippen molar-refractivity contribution in [2.24, 2.45) is 14.1 Å². The molecule has 0 spiro atoms. The van der Waals surface area contributed by atoms with Crippen molar-refractivity contribution in [2.45, 2.75) is 71.1 Å². The minimum absolute atomic E-state index is 0.201. The van der Waals surface area contributed by atoms with Crippen molar-refractivity contribution < 1.29 is 14.3 Å². The molecule has 0 saturated heterocycles. The lowest BCUT2D eigenvalue weighted by Gasteiger charge is -2.33. The number of aromatic nitrogens is 2. The van der Waals surface area contributed by atoms with Crippen LogP contribution in [0.25, 0.3) is 10.9 Å². The van der Waals surface area contributed by atoms with Crippen LogP contribution in [0.5, 0.6) is 0 Å². The highest BCUT2D eigenvalue weighted by molar-refractivity contribution is 6.07. The Morgan fingerprint density at radius 3 is 2.23 bits per heavy atom. The lowest BCUT2D eigenvalue weighted by Crippen LogP contribution is -2.54. The van der Waals surface area contributed by atoms with E-state index in [1.165, 1.54) is 4.57 Å². The molecule has 0 bridgehead atoms. The van der Waals surface area contributed by atoms with Crippen LogP contribution in [0.4, 0.5) is 4.79 Å². The minimum atomic E-state index is -0.585. The summed E-state index contributed by atoms with van der Waals surface area (Å²) in [7, 11) is 3.52. The molecule has 30 heavy (non-hydrogen) atoms. The maximum Gasteiger partial charge on any atom is 0.407 e. The molecule has 164 valence electrons. The molecular formula is C22H32N4O4. The number of pyridine rings is 1. The number of nitrogens with zero attached hydrogens (tertiary/aromatic N) is 2. The van der Waals surface area contributed by atoms with Gasteiger partial charge in [-0.2, -0.15) is 0 Å². The van der Waals surface area contributed by atoms with Crippen LogP contribution in [-0.4, -0.2) is 38.8 Å². The van der Waals surface area contributed by atoms with Crippen molar-refractivity contribution in [3.05, 3.63) is 33.9 Å². The highest BCUT2D eigenvalue weighted by Gasteiger charge is 2.30. The average molecular weight is 417 g/mol. The number of ether oxygens (including phenoxy) is 1. The zero-order valence-corrected chi connectivity index (χ0v) is 18.7. The summed E-state index contributed by atoms with van der Waals surface area (Å²) in [6, 6.07) is -0.431. The summed E-state index contributed by atoms with van der Waals surface area (Å²) < 4.78 is 8.69. The molecule has 0 unspecified atom stereocenters. The molecule has 1 aliphatic carbocycles. The highest BCUT2D eigenvalue weighted by Crippen LogP contribution is 2.23. The monoisotopic (exact) mass is 416 g/mol. The molecule has 1 aliphatic rings. The van der Waals surface area contributed by atoms with E-state index in [2.05, 4.69) is 10.6 Å². The van der Waals surface area contributed by atoms with Crippen LogP contribution < -0.4 is 16.2 Å². The first kappa shape index (κ1) is 21.9. The van der Waals surface area contributed by atoms with E-state index in [9.17, 15) is 14.4 Å². The van der Waals surface area contributed by atoms with E-state index in [1.54, 1.807) is 19.4 Å². The van der Waals surface area contributed by atoms with Crippen LogP contribution in [0.1, 0.15) is 62.4 Å². The summed E-state index contributed by atoms with van der Waals surface area (Å²) in [5.74, 6) is -0.300. The molecule has 2 heterocycles. The smallest absolute Gasteiger partial charge is 0.407 e. The molecule has 0 aromatic carbocycles. The Morgan fingerprint density at radius 2 is 1.63 bits per heavy atom. The van der Waals surface area contributed by atoms with Crippen LogP contribution in [0.3, 0.4) is 0 Å². The first-order valence-electron chi connectivity index (χ1n) is 10.4. The third kappa shape index (κ3) is 4.52. The molecule has 2 amide bonds. The number of amides is 2. The van der Waals surface area contributed by atoms with Gasteiger partial charge in [-0.1, -0.05) is 12.8 Å². The third-order valence-corrected chi connectivity index (χ3v) is 5.51. The van der Waals surface area contributed by atoms with E-state index in [0.29, 0.717) is 10.9 Å². The topological polar surface area (TPSA) is 94.4 Å². The van der Waals surface area contributed by atoms with Crippen LogP contribution >= 0.6 is 0 Å². The van der Waals surface area contributed by atoms with Crippen molar-refractivity contribution in [1.82, 2.24) is 19.8 Å². The standard InChI is InChI=1S/C22H32N4O4/c1-13-11-26(6)20(28)17-14(12-25(5)18(13)17)19(27)23-15-9-7-8-10-16(15)24-21(29)30-22(2,3)4/h11-12,15-16H,7-10H2,1-6H3,(H,23,27)(H,24,29)/t15-,16-/m1/s1. The van der Waals surface area contributed by atoms with Crippen molar-refractivity contribution >= 4 is 22.9 Å². The Kier molecular flexibility index (Phi) is 5.97. The van der Waals surface area contributed by atoms with Gasteiger partial charge in [-0.3, -0.25) is 9.59 Å². The summed E-state index contributed by atoms with van der Waals surface area (Å²) in [4.78, 5) is 38.1. The molecule has 2 aromatic heterocycles. The van der Waals surface area contributed by atoms with Gasteiger partial charge in [-0.25, -0.2) is 4.79 Å². The van der Waals surface area contributed by atoms with E-state index in [1.807, 2.05) is 39.3 Å². The number of carbonyl (C=O) groups excluding carboxylic acids is 2. The summed E-state index contributed by atoms with van der Waals surface area (Å²) in [6.45, 7) is 7.37. The number of fused-ring (bicyclic) bond motifs is 1. The predicted octanol–water partition coefficient (Wildman–Crippen LogP) is 2.75. The van der Waals surface area contributed by atoms with E-state index in [0.717, 1.165) is 36.8 Å². The number of alkyl carbamates (subject to hydrolysis) is 1. The van der Waals surface area contributed by atoms with E-state index < -0.39 is 11.7 Å². The summed E-state index contributed by atoms with van der Waals surface area (Å²) in [5, 5.41) is 6.38. The molecule has 8 heteroatoms. The van der Waals surface area contributed by atoms with Crippen molar-refractivity contribution in [1.29, 1.82) is 0 Å². The second-order valence-electron chi connectivity index (χ2n) is 9.22. The molecule has 2 atom stereocenters. The number of carbonyl (C=O) groups is 2. The molecule has 0 radical (unpaired) electrons. The molecule has 2 aromatic rings. The fourth-order valence-corrected chi connectivity index (χ4v) is 4.26. The summed E-state index contributed by atoms with van der Waals surface area (Å²) >= 11 is 0. The van der Waals surface area contributed by atoms with Gasteiger partial charge >= 0.3 is 6.09 Å². The molecule has 8 nitrogen and oxygen atoms in total. The normalized spacial score (nSPS) is 19.5. The van der Waals surface area contributed by atoms with E-state index >= 15 is 0 Å². The second-order valence-corrected chi connectivity index (χ2v) is 9.22. The van der Waals surface area contributed by atoms with Gasteiger partial charge in [0.15, 0.2) is 0 Å².